The lowest BCUT2D eigenvalue weighted by atomic mass is 9.72. The quantitative estimate of drug-likeness (QED) is 0.137. The molecule has 3 atom stereocenters. The number of aryl methyl sites for hydroxylation is 2. The average molecular weight is 665 g/mol. The Hall–Kier alpha value is -4.64. The van der Waals surface area contributed by atoms with Crippen LogP contribution in [0.4, 0.5) is 0 Å². The van der Waals surface area contributed by atoms with Gasteiger partial charge in [0.15, 0.2) is 0 Å². The fraction of sp³-hybridized carbons (Fsp3) is 0.378. The summed E-state index contributed by atoms with van der Waals surface area (Å²) in [4.78, 5) is 4.81. The van der Waals surface area contributed by atoms with Crippen molar-refractivity contribution >= 4 is 21.8 Å². The zero-order chi connectivity index (χ0) is 35.1. The van der Waals surface area contributed by atoms with Gasteiger partial charge in [0.2, 0.25) is 0 Å². The van der Waals surface area contributed by atoms with Crippen molar-refractivity contribution in [3.8, 4) is 23.0 Å². The molecule has 0 bridgehead atoms. The van der Waals surface area contributed by atoms with Crippen molar-refractivity contribution in [3.05, 3.63) is 119 Å². The molecule has 0 spiro atoms. The molecule has 7 rings (SSSR count). The minimum atomic E-state index is 0.333. The number of hydrogen-bond donors (Lipinski definition) is 0. The molecule has 3 aromatic carbocycles. The monoisotopic (exact) mass is 664 g/mol. The van der Waals surface area contributed by atoms with Crippen LogP contribution in [0.1, 0.15) is 108 Å². The molecule has 5 heteroatoms. The Morgan fingerprint density at radius 1 is 0.880 bits per heavy atom. The van der Waals surface area contributed by atoms with Crippen LogP contribution in [-0.4, -0.2) is 19.3 Å². The summed E-state index contributed by atoms with van der Waals surface area (Å²) in [7, 11) is 0. The Morgan fingerprint density at radius 2 is 1.68 bits per heavy atom. The lowest BCUT2D eigenvalue weighted by molar-refractivity contribution is 0.389. The second-order valence-electron chi connectivity index (χ2n) is 15.0. The number of fused-ring (bicyclic) bond motifs is 3. The van der Waals surface area contributed by atoms with E-state index in [1.807, 2.05) is 6.20 Å². The number of allylic oxidation sites excluding steroid dienone is 2. The highest BCUT2D eigenvalue weighted by atomic mass is 16.5. The molecule has 3 heterocycles. The summed E-state index contributed by atoms with van der Waals surface area (Å²) >= 11 is 0. The Morgan fingerprint density at radius 3 is 2.44 bits per heavy atom. The molecule has 1 unspecified atom stereocenters. The van der Waals surface area contributed by atoms with E-state index >= 15 is 0 Å². The number of pyridine rings is 1. The third-order valence-corrected chi connectivity index (χ3v) is 10.8. The second-order valence-corrected chi connectivity index (χ2v) is 15.0. The average Bonchev–Trinajstić information content (AvgIpc) is 3.60. The van der Waals surface area contributed by atoms with Crippen LogP contribution in [0, 0.1) is 18.8 Å². The summed E-state index contributed by atoms with van der Waals surface area (Å²) in [5.41, 5.74) is 11.2. The zero-order valence-corrected chi connectivity index (χ0v) is 31.1. The Bertz CT molecular complexity index is 2200. The fourth-order valence-electron chi connectivity index (χ4n) is 8.41. The van der Waals surface area contributed by atoms with Crippen LogP contribution in [0.5, 0.6) is 11.5 Å². The summed E-state index contributed by atoms with van der Waals surface area (Å²) in [6.07, 6.45) is 9.87. The lowest BCUT2D eigenvalue weighted by Gasteiger charge is -2.32. The SMILES string of the molecule is CCCCc1c([C@H]2C(C)=C[C@H](C)CC2C)c(C)nn1-c1cc(Oc2ccc3c4ccccc4n(-c4cc(CC)ccn4)c3c2)cc(C(C)C)c1. The largest absolute Gasteiger partial charge is 0.457 e. The van der Waals surface area contributed by atoms with E-state index in [1.54, 1.807) is 0 Å². The van der Waals surface area contributed by atoms with Crippen molar-refractivity contribution in [2.75, 3.05) is 0 Å². The van der Waals surface area contributed by atoms with Crippen LogP contribution < -0.4 is 4.74 Å². The van der Waals surface area contributed by atoms with Gasteiger partial charge in [0.1, 0.15) is 17.3 Å². The van der Waals surface area contributed by atoms with E-state index in [1.165, 1.54) is 45.2 Å². The third-order valence-electron chi connectivity index (χ3n) is 10.8. The van der Waals surface area contributed by atoms with Gasteiger partial charge in [-0.15, -0.1) is 0 Å². The summed E-state index contributed by atoms with van der Waals surface area (Å²) in [6.45, 7) is 18.3. The number of ether oxygens (including phenoxy) is 1. The van der Waals surface area contributed by atoms with E-state index in [0.717, 1.165) is 65.4 Å². The first-order valence-electron chi connectivity index (χ1n) is 18.7. The fourth-order valence-corrected chi connectivity index (χ4v) is 8.41. The highest BCUT2D eigenvalue weighted by molar-refractivity contribution is 6.09. The van der Waals surface area contributed by atoms with Crippen molar-refractivity contribution in [2.24, 2.45) is 11.8 Å². The Balaban J connectivity index is 1.34. The standard InChI is InChI=1S/C45H52N4O/c1-9-11-15-41-45(44-30(6)21-29(5)22-31(44)7)32(8)47-49(41)35-24-34(28(3)4)25-37(26-35)50-36-17-18-39-38-14-12-13-16-40(38)48(42(39)27-36)43-23-33(10-2)19-20-46-43/h12-14,16-21,23-29,31,44H,9-11,15,22H2,1-8H3/t29-,31?,44-/m0/s1. The molecule has 0 fully saturated rings. The van der Waals surface area contributed by atoms with Crippen molar-refractivity contribution in [3.63, 3.8) is 0 Å². The van der Waals surface area contributed by atoms with Crippen LogP contribution in [-0.2, 0) is 12.8 Å². The van der Waals surface area contributed by atoms with Gasteiger partial charge in [-0.1, -0.05) is 77.8 Å². The van der Waals surface area contributed by atoms with Gasteiger partial charge in [-0.3, -0.25) is 4.57 Å². The molecule has 0 radical (unpaired) electrons. The van der Waals surface area contributed by atoms with Gasteiger partial charge in [-0.2, -0.15) is 5.10 Å². The first-order chi connectivity index (χ1) is 24.2. The molecule has 0 aliphatic heterocycles. The van der Waals surface area contributed by atoms with Crippen molar-refractivity contribution in [1.29, 1.82) is 0 Å². The van der Waals surface area contributed by atoms with Crippen molar-refractivity contribution < 1.29 is 4.74 Å². The minimum Gasteiger partial charge on any atom is -0.457 e. The van der Waals surface area contributed by atoms with Crippen LogP contribution in [0.15, 0.2) is 90.6 Å². The zero-order valence-electron chi connectivity index (χ0n) is 31.1. The van der Waals surface area contributed by atoms with Gasteiger partial charge in [0.25, 0.3) is 0 Å². The maximum absolute atomic E-state index is 6.81. The Labute approximate surface area is 298 Å². The number of para-hydroxylation sites is 1. The maximum atomic E-state index is 6.81. The van der Waals surface area contributed by atoms with Crippen molar-refractivity contribution in [1.82, 2.24) is 19.3 Å². The molecule has 0 N–H and O–H groups in total. The van der Waals surface area contributed by atoms with E-state index in [9.17, 15) is 0 Å². The first kappa shape index (κ1) is 33.8. The summed E-state index contributed by atoms with van der Waals surface area (Å²) in [5.74, 6) is 4.49. The topological polar surface area (TPSA) is 44.9 Å². The van der Waals surface area contributed by atoms with Gasteiger partial charge < -0.3 is 4.74 Å². The van der Waals surface area contributed by atoms with Gasteiger partial charge in [0, 0.05) is 46.3 Å². The highest BCUT2D eigenvalue weighted by Crippen LogP contribution is 2.44. The molecular formula is C45H52N4O. The van der Waals surface area contributed by atoms with E-state index < -0.39 is 0 Å². The normalized spacial score (nSPS) is 17.9. The van der Waals surface area contributed by atoms with Crippen molar-refractivity contribution in [2.45, 2.75) is 99.3 Å². The number of rotatable bonds is 10. The summed E-state index contributed by atoms with van der Waals surface area (Å²) in [5, 5.41) is 7.68. The molecule has 0 saturated heterocycles. The maximum Gasteiger partial charge on any atom is 0.137 e. The molecule has 0 amide bonds. The highest BCUT2D eigenvalue weighted by Gasteiger charge is 2.32. The van der Waals surface area contributed by atoms with Crippen LogP contribution in [0.2, 0.25) is 0 Å². The molecule has 5 nitrogen and oxygen atoms in total. The summed E-state index contributed by atoms with van der Waals surface area (Å²) < 4.78 is 11.3. The van der Waals surface area contributed by atoms with E-state index in [2.05, 4.69) is 144 Å². The molecule has 1 aliphatic carbocycles. The van der Waals surface area contributed by atoms with Gasteiger partial charge >= 0.3 is 0 Å². The number of hydrogen-bond acceptors (Lipinski definition) is 3. The second kappa shape index (κ2) is 13.9. The number of unbranched alkanes of at least 4 members (excludes halogenated alkanes) is 1. The van der Waals surface area contributed by atoms with Crippen LogP contribution >= 0.6 is 0 Å². The molecule has 1 aliphatic rings. The van der Waals surface area contributed by atoms with Crippen LogP contribution in [0.25, 0.3) is 33.3 Å². The van der Waals surface area contributed by atoms with E-state index in [4.69, 9.17) is 14.8 Å². The summed E-state index contributed by atoms with van der Waals surface area (Å²) in [6, 6.07) is 26.0. The van der Waals surface area contributed by atoms with E-state index in [-0.39, 0.29) is 0 Å². The van der Waals surface area contributed by atoms with E-state index in [0.29, 0.717) is 23.7 Å². The van der Waals surface area contributed by atoms with Crippen LogP contribution in [0.3, 0.4) is 0 Å². The molecule has 258 valence electrons. The molecule has 0 saturated carbocycles. The van der Waals surface area contributed by atoms with Gasteiger partial charge in [0.05, 0.1) is 22.4 Å². The third kappa shape index (κ3) is 6.27. The number of nitrogens with zero attached hydrogens (tertiary/aromatic N) is 4. The Kier molecular flexibility index (Phi) is 9.43. The predicted molar refractivity (Wildman–Crippen MR) is 208 cm³/mol. The number of benzene rings is 3. The minimum absolute atomic E-state index is 0.333. The molecule has 50 heavy (non-hydrogen) atoms. The van der Waals surface area contributed by atoms with Gasteiger partial charge in [-0.25, -0.2) is 9.67 Å². The number of aromatic nitrogens is 4. The predicted octanol–water partition coefficient (Wildman–Crippen LogP) is 12.2. The first-order valence-corrected chi connectivity index (χ1v) is 18.7. The van der Waals surface area contributed by atoms with Gasteiger partial charge in [-0.05, 0) is 111 Å². The molecule has 6 aromatic rings. The lowest BCUT2D eigenvalue weighted by Crippen LogP contribution is -2.21. The molecular weight excluding hydrogens is 613 g/mol. The smallest absolute Gasteiger partial charge is 0.137 e. The molecule has 3 aromatic heterocycles.